The van der Waals surface area contributed by atoms with Gasteiger partial charge in [-0.15, -0.1) is 0 Å². The minimum atomic E-state index is 0. The van der Waals surface area contributed by atoms with Crippen molar-refractivity contribution in [3.8, 4) is 0 Å². The molecule has 0 aromatic heterocycles. The van der Waals surface area contributed by atoms with Gasteiger partial charge in [0.2, 0.25) is 0 Å². The number of rotatable bonds is 1. The van der Waals surface area contributed by atoms with E-state index >= 15 is 0 Å². The standard InChI is InChI=1S/C9H20N2.CH4/c1-9(2)11-6-4-5-10(3)7-8-11;/h9H,4-8H2,1-3H3;1H4. The summed E-state index contributed by atoms with van der Waals surface area (Å²) in [6.45, 7) is 9.59. The average Bonchev–Trinajstić information content (AvgIpc) is 2.13. The Morgan fingerprint density at radius 3 is 2.25 bits per heavy atom. The molecule has 2 nitrogen and oxygen atoms in total. The van der Waals surface area contributed by atoms with Gasteiger partial charge in [0.05, 0.1) is 0 Å². The van der Waals surface area contributed by atoms with Crippen LogP contribution in [0.25, 0.3) is 0 Å². The molecule has 74 valence electrons. The second-order valence-electron chi connectivity index (χ2n) is 3.79. The molecule has 0 aromatic rings. The van der Waals surface area contributed by atoms with E-state index in [0.29, 0.717) is 0 Å². The first-order valence-corrected chi connectivity index (χ1v) is 4.63. The molecule has 0 N–H and O–H groups in total. The maximum absolute atomic E-state index is 2.56. The third-order valence-electron chi connectivity index (χ3n) is 2.48. The molecule has 1 heterocycles. The zero-order valence-corrected chi connectivity index (χ0v) is 8.01. The summed E-state index contributed by atoms with van der Waals surface area (Å²) in [5.74, 6) is 0. The molecular weight excluding hydrogens is 148 g/mol. The smallest absolute Gasteiger partial charge is 0.0112 e. The van der Waals surface area contributed by atoms with Crippen LogP contribution < -0.4 is 0 Å². The van der Waals surface area contributed by atoms with Crippen molar-refractivity contribution in [2.45, 2.75) is 33.7 Å². The highest BCUT2D eigenvalue weighted by Gasteiger charge is 2.13. The van der Waals surface area contributed by atoms with Crippen molar-refractivity contribution in [2.75, 3.05) is 33.2 Å². The molecule has 0 saturated carbocycles. The van der Waals surface area contributed by atoms with Crippen LogP contribution in [0.3, 0.4) is 0 Å². The van der Waals surface area contributed by atoms with Crippen LogP contribution in [0.1, 0.15) is 27.7 Å². The lowest BCUT2D eigenvalue weighted by Gasteiger charge is -2.23. The molecule has 1 fully saturated rings. The van der Waals surface area contributed by atoms with Gasteiger partial charge in [0, 0.05) is 19.1 Å². The minimum Gasteiger partial charge on any atom is -0.305 e. The molecule has 0 unspecified atom stereocenters. The third-order valence-corrected chi connectivity index (χ3v) is 2.48. The second-order valence-corrected chi connectivity index (χ2v) is 3.79. The maximum atomic E-state index is 2.56. The molecule has 0 radical (unpaired) electrons. The molecule has 0 amide bonds. The first-order chi connectivity index (χ1) is 5.20. The van der Waals surface area contributed by atoms with Crippen molar-refractivity contribution < 1.29 is 0 Å². The van der Waals surface area contributed by atoms with Crippen LogP contribution in [0.15, 0.2) is 0 Å². The zero-order valence-electron chi connectivity index (χ0n) is 8.01. The largest absolute Gasteiger partial charge is 0.305 e. The van der Waals surface area contributed by atoms with Gasteiger partial charge in [-0.25, -0.2) is 0 Å². The van der Waals surface area contributed by atoms with Crippen molar-refractivity contribution >= 4 is 0 Å². The molecule has 1 rings (SSSR count). The van der Waals surface area contributed by atoms with Crippen LogP contribution >= 0.6 is 0 Å². The fraction of sp³-hybridized carbons (Fsp3) is 1.00. The molecule has 0 atom stereocenters. The van der Waals surface area contributed by atoms with Gasteiger partial charge in [0.25, 0.3) is 0 Å². The highest BCUT2D eigenvalue weighted by molar-refractivity contribution is 4.69. The van der Waals surface area contributed by atoms with Gasteiger partial charge in [0.15, 0.2) is 0 Å². The monoisotopic (exact) mass is 172 g/mol. The molecule has 0 bridgehead atoms. The average molecular weight is 172 g/mol. The summed E-state index contributed by atoms with van der Waals surface area (Å²) in [7, 11) is 2.21. The normalized spacial score (nSPS) is 22.0. The number of hydrogen-bond acceptors (Lipinski definition) is 2. The second kappa shape index (κ2) is 5.55. The summed E-state index contributed by atoms with van der Waals surface area (Å²) >= 11 is 0. The summed E-state index contributed by atoms with van der Waals surface area (Å²) in [6, 6.07) is 0.724. The summed E-state index contributed by atoms with van der Waals surface area (Å²) in [4.78, 5) is 4.98. The van der Waals surface area contributed by atoms with E-state index in [9.17, 15) is 0 Å². The van der Waals surface area contributed by atoms with E-state index in [2.05, 4.69) is 30.7 Å². The van der Waals surface area contributed by atoms with Gasteiger partial charge >= 0.3 is 0 Å². The van der Waals surface area contributed by atoms with Crippen LogP contribution in [0.5, 0.6) is 0 Å². The van der Waals surface area contributed by atoms with E-state index in [1.54, 1.807) is 0 Å². The Balaban J connectivity index is 0.00000121. The third kappa shape index (κ3) is 3.55. The Labute approximate surface area is 77.5 Å². The zero-order chi connectivity index (χ0) is 8.27. The van der Waals surface area contributed by atoms with E-state index in [1.807, 2.05) is 0 Å². The van der Waals surface area contributed by atoms with Gasteiger partial charge in [-0.05, 0) is 40.4 Å². The van der Waals surface area contributed by atoms with Gasteiger partial charge in [0.1, 0.15) is 0 Å². The Morgan fingerprint density at radius 1 is 1.00 bits per heavy atom. The fourth-order valence-corrected chi connectivity index (χ4v) is 1.58. The molecular formula is C10H24N2. The summed E-state index contributed by atoms with van der Waals surface area (Å²) in [5.41, 5.74) is 0. The molecule has 12 heavy (non-hydrogen) atoms. The molecule has 0 aromatic carbocycles. The highest BCUT2D eigenvalue weighted by Crippen LogP contribution is 2.04. The number of hydrogen-bond donors (Lipinski definition) is 0. The van der Waals surface area contributed by atoms with E-state index < -0.39 is 0 Å². The molecule has 1 saturated heterocycles. The van der Waals surface area contributed by atoms with Crippen molar-refractivity contribution in [3.05, 3.63) is 0 Å². The first-order valence-electron chi connectivity index (χ1n) is 4.63. The summed E-state index contributed by atoms with van der Waals surface area (Å²) in [5, 5.41) is 0. The van der Waals surface area contributed by atoms with E-state index in [4.69, 9.17) is 0 Å². The Kier molecular flexibility index (Phi) is 5.51. The van der Waals surface area contributed by atoms with Crippen LogP contribution in [0, 0.1) is 0 Å². The van der Waals surface area contributed by atoms with Crippen molar-refractivity contribution in [2.24, 2.45) is 0 Å². The Hall–Kier alpha value is -0.0800. The lowest BCUT2D eigenvalue weighted by Crippen LogP contribution is -2.34. The van der Waals surface area contributed by atoms with Crippen LogP contribution in [0.2, 0.25) is 0 Å². The first kappa shape index (κ1) is 11.9. The van der Waals surface area contributed by atoms with Crippen molar-refractivity contribution in [3.63, 3.8) is 0 Å². The van der Waals surface area contributed by atoms with Gasteiger partial charge in [-0.2, -0.15) is 0 Å². The van der Waals surface area contributed by atoms with Gasteiger partial charge in [-0.3, -0.25) is 4.90 Å². The van der Waals surface area contributed by atoms with Gasteiger partial charge in [-0.1, -0.05) is 7.43 Å². The minimum absolute atomic E-state index is 0. The Bertz CT molecular complexity index is 112. The van der Waals surface area contributed by atoms with Crippen LogP contribution in [-0.4, -0.2) is 49.1 Å². The topological polar surface area (TPSA) is 6.48 Å². The number of likely N-dealkylation sites (N-methyl/N-ethyl adjacent to an activating group) is 1. The summed E-state index contributed by atoms with van der Waals surface area (Å²) in [6.07, 6.45) is 1.33. The molecule has 1 aliphatic heterocycles. The van der Waals surface area contributed by atoms with Gasteiger partial charge < -0.3 is 4.90 Å². The molecule has 0 spiro atoms. The van der Waals surface area contributed by atoms with Crippen molar-refractivity contribution in [1.29, 1.82) is 0 Å². The predicted octanol–water partition coefficient (Wildman–Crippen LogP) is 1.67. The molecule has 0 aliphatic carbocycles. The van der Waals surface area contributed by atoms with Crippen LogP contribution in [0.4, 0.5) is 0 Å². The summed E-state index contributed by atoms with van der Waals surface area (Å²) < 4.78 is 0. The quantitative estimate of drug-likeness (QED) is 0.593. The maximum Gasteiger partial charge on any atom is 0.0112 e. The van der Waals surface area contributed by atoms with E-state index in [1.165, 1.54) is 32.6 Å². The SMILES string of the molecule is C.CC(C)N1CCCN(C)CC1. The fourth-order valence-electron chi connectivity index (χ4n) is 1.58. The van der Waals surface area contributed by atoms with E-state index in [0.717, 1.165) is 6.04 Å². The van der Waals surface area contributed by atoms with Crippen molar-refractivity contribution in [1.82, 2.24) is 9.80 Å². The van der Waals surface area contributed by atoms with E-state index in [-0.39, 0.29) is 7.43 Å². The Morgan fingerprint density at radius 2 is 1.67 bits per heavy atom. The van der Waals surface area contributed by atoms with Crippen LogP contribution in [-0.2, 0) is 0 Å². The number of nitrogens with zero attached hydrogens (tertiary/aromatic N) is 2. The molecule has 1 aliphatic rings. The predicted molar refractivity (Wildman–Crippen MR) is 55.6 cm³/mol. The lowest BCUT2D eigenvalue weighted by molar-refractivity contribution is 0.228. The highest BCUT2D eigenvalue weighted by atomic mass is 15.2. The molecule has 2 heteroatoms. The lowest BCUT2D eigenvalue weighted by atomic mass is 10.3.